The second-order valence-corrected chi connectivity index (χ2v) is 5.20. The molecule has 0 heterocycles. The van der Waals surface area contributed by atoms with Crippen molar-refractivity contribution < 1.29 is 23.8 Å². The van der Waals surface area contributed by atoms with Crippen LogP contribution in [0, 0.1) is 11.6 Å². The van der Waals surface area contributed by atoms with Crippen LogP contribution in [-0.4, -0.2) is 22.2 Å². The van der Waals surface area contributed by atoms with Crippen LogP contribution in [0.1, 0.15) is 27.5 Å². The Morgan fingerprint density at radius 1 is 1.23 bits per heavy atom. The number of benzene rings is 2. The van der Waals surface area contributed by atoms with E-state index in [0.29, 0.717) is 18.6 Å². The Labute approximate surface area is 125 Å². The van der Waals surface area contributed by atoms with Crippen LogP contribution in [0.2, 0.25) is 0 Å². The largest absolute Gasteiger partial charge is 0.507 e. The lowest BCUT2D eigenvalue weighted by molar-refractivity contribution is 0.0851. The first kappa shape index (κ1) is 14.5. The number of amides is 1. The summed E-state index contributed by atoms with van der Waals surface area (Å²) in [4.78, 5) is 12.2. The van der Waals surface area contributed by atoms with E-state index in [0.717, 1.165) is 11.1 Å². The van der Waals surface area contributed by atoms with Gasteiger partial charge in [0.1, 0.15) is 22.9 Å². The maximum atomic E-state index is 13.7. The zero-order chi connectivity index (χ0) is 15.9. The average Bonchev–Trinajstić information content (AvgIpc) is 2.74. The highest BCUT2D eigenvalue weighted by atomic mass is 19.1. The lowest BCUT2D eigenvalue weighted by atomic mass is 10.1. The van der Waals surface area contributed by atoms with Crippen LogP contribution in [0.4, 0.5) is 8.78 Å². The Morgan fingerprint density at radius 2 is 1.95 bits per heavy atom. The summed E-state index contributed by atoms with van der Waals surface area (Å²) >= 11 is 0. The summed E-state index contributed by atoms with van der Waals surface area (Å²) in [6.45, 7) is 0. The van der Waals surface area contributed by atoms with Gasteiger partial charge in [0.2, 0.25) is 0 Å². The van der Waals surface area contributed by atoms with Crippen molar-refractivity contribution in [3.63, 3.8) is 0 Å². The van der Waals surface area contributed by atoms with Crippen molar-refractivity contribution in [1.82, 2.24) is 5.32 Å². The van der Waals surface area contributed by atoms with Crippen molar-refractivity contribution in [2.24, 2.45) is 0 Å². The third-order valence-electron chi connectivity index (χ3n) is 3.75. The number of rotatable bonds is 2. The summed E-state index contributed by atoms with van der Waals surface area (Å²) in [5, 5.41) is 22.1. The molecule has 3 N–H and O–H groups in total. The van der Waals surface area contributed by atoms with Gasteiger partial charge in [0.15, 0.2) is 0 Å². The molecule has 0 fully saturated rings. The molecular formula is C16H13F2NO3. The monoisotopic (exact) mass is 305 g/mol. The summed E-state index contributed by atoms with van der Waals surface area (Å²) in [7, 11) is 0. The number of aliphatic hydroxyl groups excluding tert-OH is 1. The second-order valence-electron chi connectivity index (χ2n) is 5.20. The van der Waals surface area contributed by atoms with E-state index in [1.807, 2.05) is 12.1 Å². The third-order valence-corrected chi connectivity index (χ3v) is 3.75. The molecule has 114 valence electrons. The number of fused-ring (bicyclic) bond motifs is 1. The third kappa shape index (κ3) is 2.42. The Balaban J connectivity index is 1.90. The van der Waals surface area contributed by atoms with Crippen molar-refractivity contribution in [3.05, 3.63) is 64.7 Å². The molecule has 3 rings (SSSR count). The van der Waals surface area contributed by atoms with Gasteiger partial charge in [-0.05, 0) is 11.1 Å². The zero-order valence-electron chi connectivity index (χ0n) is 11.4. The molecule has 6 heteroatoms. The first-order chi connectivity index (χ1) is 10.5. The number of hydrogen-bond acceptors (Lipinski definition) is 3. The number of carbonyl (C=O) groups is 1. The molecule has 0 saturated carbocycles. The molecule has 1 aliphatic rings. The molecule has 0 spiro atoms. The van der Waals surface area contributed by atoms with Crippen molar-refractivity contribution in [1.29, 1.82) is 0 Å². The van der Waals surface area contributed by atoms with E-state index in [1.165, 1.54) is 0 Å². The molecule has 0 bridgehead atoms. The zero-order valence-corrected chi connectivity index (χ0v) is 11.4. The van der Waals surface area contributed by atoms with Gasteiger partial charge in [0, 0.05) is 18.6 Å². The molecule has 2 atom stereocenters. The lowest BCUT2D eigenvalue weighted by Gasteiger charge is -2.18. The molecule has 0 aliphatic heterocycles. The summed E-state index contributed by atoms with van der Waals surface area (Å²) in [5.74, 6) is -3.82. The number of nitrogens with one attached hydrogen (secondary N) is 1. The molecule has 0 saturated heterocycles. The van der Waals surface area contributed by atoms with Crippen LogP contribution in [-0.2, 0) is 6.42 Å². The van der Waals surface area contributed by atoms with Crippen molar-refractivity contribution >= 4 is 5.91 Å². The maximum Gasteiger partial charge on any atom is 0.258 e. The number of carbonyl (C=O) groups excluding carboxylic acids is 1. The quantitative estimate of drug-likeness (QED) is 0.795. The topological polar surface area (TPSA) is 69.6 Å². The van der Waals surface area contributed by atoms with Gasteiger partial charge in [0.25, 0.3) is 5.91 Å². The summed E-state index contributed by atoms with van der Waals surface area (Å²) in [5.41, 5.74) is 0.993. The van der Waals surface area contributed by atoms with Crippen molar-refractivity contribution in [2.75, 3.05) is 0 Å². The van der Waals surface area contributed by atoms with Crippen LogP contribution >= 0.6 is 0 Å². The highest BCUT2D eigenvalue weighted by Gasteiger charge is 2.33. The second kappa shape index (κ2) is 5.38. The van der Waals surface area contributed by atoms with Crippen LogP contribution in [0.25, 0.3) is 0 Å². The number of phenolic OH excluding ortho intramolecular Hbond substituents is 1. The van der Waals surface area contributed by atoms with Crippen LogP contribution in [0.5, 0.6) is 5.75 Å². The van der Waals surface area contributed by atoms with Gasteiger partial charge in [-0.2, -0.15) is 0 Å². The lowest BCUT2D eigenvalue weighted by Crippen LogP contribution is -2.34. The Morgan fingerprint density at radius 3 is 2.68 bits per heavy atom. The van der Waals surface area contributed by atoms with E-state index in [2.05, 4.69) is 5.32 Å². The molecule has 1 amide bonds. The van der Waals surface area contributed by atoms with Gasteiger partial charge in [-0.25, -0.2) is 8.78 Å². The molecule has 2 aromatic rings. The summed E-state index contributed by atoms with van der Waals surface area (Å²) in [6.07, 6.45) is -0.467. The Hall–Kier alpha value is -2.47. The minimum absolute atomic E-state index is 0.374. The summed E-state index contributed by atoms with van der Waals surface area (Å²) in [6, 6.07) is 7.67. The standard InChI is InChI=1S/C16H13F2NO3/c17-9-6-11(18)14(12(20)7-9)16(22)19-15-10-4-2-1-3-8(10)5-13(15)21/h1-4,6-7,13,15,20-21H,5H2,(H,19,22)/t13-,15+/m0/s1. The van der Waals surface area contributed by atoms with E-state index in [1.54, 1.807) is 12.1 Å². The predicted molar refractivity (Wildman–Crippen MR) is 74.4 cm³/mol. The number of phenols is 1. The predicted octanol–water partition coefficient (Wildman–Crippen LogP) is 2.06. The number of hydrogen-bond donors (Lipinski definition) is 3. The molecule has 1 aliphatic carbocycles. The Kier molecular flexibility index (Phi) is 3.54. The highest BCUT2D eigenvalue weighted by molar-refractivity contribution is 5.97. The Bertz CT molecular complexity index is 725. The molecular weight excluding hydrogens is 292 g/mol. The minimum atomic E-state index is -1.16. The fourth-order valence-electron chi connectivity index (χ4n) is 2.75. The van der Waals surface area contributed by atoms with E-state index in [9.17, 15) is 23.8 Å². The van der Waals surface area contributed by atoms with Gasteiger partial charge >= 0.3 is 0 Å². The molecule has 22 heavy (non-hydrogen) atoms. The number of halogens is 2. The van der Waals surface area contributed by atoms with Crippen molar-refractivity contribution in [2.45, 2.75) is 18.6 Å². The first-order valence-electron chi connectivity index (χ1n) is 6.72. The first-order valence-corrected chi connectivity index (χ1v) is 6.72. The fraction of sp³-hybridized carbons (Fsp3) is 0.188. The maximum absolute atomic E-state index is 13.7. The van der Waals surface area contributed by atoms with E-state index >= 15 is 0 Å². The smallest absolute Gasteiger partial charge is 0.258 e. The average molecular weight is 305 g/mol. The van der Waals surface area contributed by atoms with Gasteiger partial charge in [-0.1, -0.05) is 24.3 Å². The van der Waals surface area contributed by atoms with E-state index in [4.69, 9.17) is 0 Å². The molecule has 0 radical (unpaired) electrons. The minimum Gasteiger partial charge on any atom is -0.507 e. The fourth-order valence-corrected chi connectivity index (χ4v) is 2.75. The van der Waals surface area contributed by atoms with Crippen molar-refractivity contribution in [3.8, 4) is 5.75 Å². The van der Waals surface area contributed by atoms with E-state index < -0.39 is 41.0 Å². The molecule has 0 unspecified atom stereocenters. The SMILES string of the molecule is O=C(N[C@@H]1c2ccccc2C[C@@H]1O)c1c(O)cc(F)cc1F. The van der Waals surface area contributed by atoms with Crippen LogP contribution in [0.15, 0.2) is 36.4 Å². The highest BCUT2D eigenvalue weighted by Crippen LogP contribution is 2.32. The number of aromatic hydroxyl groups is 1. The van der Waals surface area contributed by atoms with Gasteiger partial charge in [-0.3, -0.25) is 4.79 Å². The normalized spacial score (nSPS) is 19.8. The van der Waals surface area contributed by atoms with Gasteiger partial charge in [-0.15, -0.1) is 0 Å². The van der Waals surface area contributed by atoms with Gasteiger partial charge < -0.3 is 15.5 Å². The molecule has 4 nitrogen and oxygen atoms in total. The number of aliphatic hydroxyl groups is 1. The summed E-state index contributed by atoms with van der Waals surface area (Å²) < 4.78 is 26.7. The van der Waals surface area contributed by atoms with Gasteiger partial charge in [0.05, 0.1) is 12.1 Å². The molecule has 0 aromatic heterocycles. The van der Waals surface area contributed by atoms with E-state index in [-0.39, 0.29) is 0 Å². The van der Waals surface area contributed by atoms with Crippen LogP contribution in [0.3, 0.4) is 0 Å². The molecule has 2 aromatic carbocycles. The van der Waals surface area contributed by atoms with Crippen LogP contribution < -0.4 is 5.32 Å².